The first-order chi connectivity index (χ1) is 4.21. The van der Waals surface area contributed by atoms with Gasteiger partial charge in [-0.25, -0.2) is 8.42 Å². The molecule has 0 aromatic heterocycles. The zero-order valence-corrected chi connectivity index (χ0v) is 7.53. The molecule has 0 saturated carbocycles. The Labute approximate surface area is 62.5 Å². The summed E-state index contributed by atoms with van der Waals surface area (Å²) in [5.74, 6) is 0.177. The van der Waals surface area contributed by atoms with Crippen molar-refractivity contribution < 1.29 is 8.42 Å². The number of hydrogen-bond acceptors (Lipinski definition) is 3. The number of hydrogen-bond donors (Lipinski definition) is 1. The molecule has 3 nitrogen and oxygen atoms in total. The predicted molar refractivity (Wildman–Crippen MR) is 42.6 cm³/mol. The Morgan fingerprint density at radius 2 is 1.80 bits per heavy atom. The number of sulfone groups is 1. The second-order valence-corrected chi connectivity index (χ2v) is 5.63. The first-order valence-corrected chi connectivity index (χ1v) is 5.23. The summed E-state index contributed by atoms with van der Waals surface area (Å²) in [5.41, 5.74) is 5.21. The molecule has 4 heteroatoms. The fourth-order valence-corrected chi connectivity index (χ4v) is 1.35. The molecule has 0 unspecified atom stereocenters. The van der Waals surface area contributed by atoms with E-state index in [0.717, 1.165) is 0 Å². The predicted octanol–water partition coefficient (Wildman–Crippen LogP) is 0.158. The topological polar surface area (TPSA) is 60.2 Å². The molecule has 0 aromatic rings. The monoisotopic (exact) mass is 165 g/mol. The van der Waals surface area contributed by atoms with Crippen molar-refractivity contribution in [2.45, 2.75) is 25.8 Å². The van der Waals surface area contributed by atoms with Gasteiger partial charge in [-0.1, -0.05) is 0 Å². The summed E-state index contributed by atoms with van der Waals surface area (Å²) in [6.45, 7) is 3.64. The van der Waals surface area contributed by atoms with Gasteiger partial charge >= 0.3 is 0 Å². The summed E-state index contributed by atoms with van der Waals surface area (Å²) < 4.78 is 21.2. The Hall–Kier alpha value is -0.0900. The summed E-state index contributed by atoms with van der Waals surface area (Å²) in [5, 5.41) is 0. The maximum Gasteiger partial charge on any atom is 0.147 e. The summed E-state index contributed by atoms with van der Waals surface area (Å²) in [6.07, 6.45) is 1.74. The summed E-state index contributed by atoms with van der Waals surface area (Å²) in [7, 11) is -2.84. The Morgan fingerprint density at radius 1 is 1.40 bits per heavy atom. The third kappa shape index (κ3) is 7.91. The highest BCUT2D eigenvalue weighted by atomic mass is 32.2. The highest BCUT2D eigenvalue weighted by molar-refractivity contribution is 7.90. The van der Waals surface area contributed by atoms with E-state index in [0.29, 0.717) is 6.42 Å². The molecule has 0 heterocycles. The van der Waals surface area contributed by atoms with Crippen LogP contribution in [0, 0.1) is 0 Å². The van der Waals surface area contributed by atoms with Crippen molar-refractivity contribution in [1.82, 2.24) is 0 Å². The molecule has 2 N–H and O–H groups in total. The highest BCUT2D eigenvalue weighted by Crippen LogP contribution is 2.04. The largest absolute Gasteiger partial charge is 0.326 e. The lowest BCUT2D eigenvalue weighted by molar-refractivity contribution is 0.496. The third-order valence-electron chi connectivity index (χ3n) is 1.12. The molecule has 0 atom stereocenters. The lowest BCUT2D eigenvalue weighted by atomic mass is 10.0. The molecule has 0 rings (SSSR count). The zero-order valence-electron chi connectivity index (χ0n) is 6.72. The van der Waals surface area contributed by atoms with Gasteiger partial charge in [-0.15, -0.1) is 0 Å². The molecular formula is C6H15NO2S. The van der Waals surface area contributed by atoms with E-state index in [4.69, 9.17) is 5.73 Å². The van der Waals surface area contributed by atoms with Crippen LogP contribution in [0.15, 0.2) is 0 Å². The standard InChI is InChI=1S/C6H15NO2S/c1-6(2,7)4-5-10(3,8)9/h4-5,7H2,1-3H3. The minimum Gasteiger partial charge on any atom is -0.326 e. The van der Waals surface area contributed by atoms with Crippen molar-refractivity contribution in [1.29, 1.82) is 0 Å². The lowest BCUT2D eigenvalue weighted by Crippen LogP contribution is -2.34. The maximum atomic E-state index is 10.6. The zero-order chi connectivity index (χ0) is 8.41. The van der Waals surface area contributed by atoms with Crippen LogP contribution in [0.3, 0.4) is 0 Å². The Bertz CT molecular complexity index is 188. The first-order valence-electron chi connectivity index (χ1n) is 3.17. The van der Waals surface area contributed by atoms with Crippen LogP contribution in [0.1, 0.15) is 20.3 Å². The van der Waals surface area contributed by atoms with Crippen LogP contribution in [0.25, 0.3) is 0 Å². The van der Waals surface area contributed by atoms with Crippen LogP contribution in [0.4, 0.5) is 0 Å². The quantitative estimate of drug-likeness (QED) is 0.648. The minimum absolute atomic E-state index is 0.177. The number of rotatable bonds is 3. The summed E-state index contributed by atoms with van der Waals surface area (Å²) >= 11 is 0. The molecule has 0 bridgehead atoms. The average molecular weight is 165 g/mol. The Kier molecular flexibility index (Phi) is 2.86. The molecule has 62 valence electrons. The van der Waals surface area contributed by atoms with Gasteiger partial charge in [0.15, 0.2) is 0 Å². The smallest absolute Gasteiger partial charge is 0.147 e. The molecule has 0 fully saturated rings. The van der Waals surface area contributed by atoms with Crippen molar-refractivity contribution in [3.05, 3.63) is 0 Å². The second kappa shape index (κ2) is 2.88. The average Bonchev–Trinajstić information content (AvgIpc) is 1.57. The van der Waals surface area contributed by atoms with Gasteiger partial charge in [-0.05, 0) is 20.3 Å². The van der Waals surface area contributed by atoms with Crippen molar-refractivity contribution in [3.8, 4) is 0 Å². The number of nitrogens with two attached hydrogens (primary N) is 1. The fraction of sp³-hybridized carbons (Fsp3) is 1.00. The highest BCUT2D eigenvalue weighted by Gasteiger charge is 2.13. The third-order valence-corrected chi connectivity index (χ3v) is 2.06. The van der Waals surface area contributed by atoms with Gasteiger partial charge in [0.25, 0.3) is 0 Å². The van der Waals surface area contributed by atoms with E-state index < -0.39 is 9.84 Å². The van der Waals surface area contributed by atoms with Gasteiger partial charge in [-0.2, -0.15) is 0 Å². The SMILES string of the molecule is CC(C)(N)CCS(C)(=O)=O. The van der Waals surface area contributed by atoms with E-state index in [2.05, 4.69) is 0 Å². The molecule has 0 aliphatic heterocycles. The fourth-order valence-electron chi connectivity index (χ4n) is 0.448. The van der Waals surface area contributed by atoms with Crippen molar-refractivity contribution >= 4 is 9.84 Å². The van der Waals surface area contributed by atoms with Crippen molar-refractivity contribution in [2.75, 3.05) is 12.0 Å². The maximum absolute atomic E-state index is 10.6. The van der Waals surface area contributed by atoms with Crippen molar-refractivity contribution in [2.24, 2.45) is 5.73 Å². The minimum atomic E-state index is -2.84. The van der Waals surface area contributed by atoms with Gasteiger partial charge in [0.05, 0.1) is 5.75 Å². The van der Waals surface area contributed by atoms with Gasteiger partial charge in [-0.3, -0.25) is 0 Å². The van der Waals surface area contributed by atoms with Crippen LogP contribution < -0.4 is 5.73 Å². The van der Waals surface area contributed by atoms with E-state index in [1.807, 2.05) is 13.8 Å². The molecule has 0 radical (unpaired) electrons. The van der Waals surface area contributed by atoms with E-state index in [1.54, 1.807) is 0 Å². The van der Waals surface area contributed by atoms with Crippen LogP contribution in [0.2, 0.25) is 0 Å². The molecular weight excluding hydrogens is 150 g/mol. The van der Waals surface area contributed by atoms with E-state index in [1.165, 1.54) is 6.26 Å². The van der Waals surface area contributed by atoms with E-state index in [-0.39, 0.29) is 11.3 Å². The first kappa shape index (κ1) is 9.91. The normalized spacial score (nSPS) is 13.6. The molecule has 10 heavy (non-hydrogen) atoms. The van der Waals surface area contributed by atoms with Crippen LogP contribution in [-0.4, -0.2) is 26.0 Å². The molecule has 0 amide bonds. The molecule has 0 aliphatic rings. The second-order valence-electron chi connectivity index (χ2n) is 3.37. The van der Waals surface area contributed by atoms with E-state index in [9.17, 15) is 8.42 Å². The van der Waals surface area contributed by atoms with Gasteiger partial charge in [0.2, 0.25) is 0 Å². The Morgan fingerprint density at radius 3 is 1.90 bits per heavy atom. The molecule has 0 saturated heterocycles. The molecule has 0 spiro atoms. The summed E-state index contributed by atoms with van der Waals surface area (Å²) in [4.78, 5) is 0. The van der Waals surface area contributed by atoms with E-state index >= 15 is 0 Å². The van der Waals surface area contributed by atoms with Crippen LogP contribution >= 0.6 is 0 Å². The van der Waals surface area contributed by atoms with Crippen LogP contribution in [-0.2, 0) is 9.84 Å². The molecule has 0 aliphatic carbocycles. The lowest BCUT2D eigenvalue weighted by Gasteiger charge is -2.16. The van der Waals surface area contributed by atoms with Gasteiger partial charge in [0.1, 0.15) is 9.84 Å². The summed E-state index contributed by atoms with van der Waals surface area (Å²) in [6, 6.07) is 0. The van der Waals surface area contributed by atoms with Gasteiger partial charge < -0.3 is 5.73 Å². The van der Waals surface area contributed by atoms with Crippen LogP contribution in [0.5, 0.6) is 0 Å². The Balaban J connectivity index is 3.79. The van der Waals surface area contributed by atoms with Gasteiger partial charge in [0, 0.05) is 11.8 Å². The molecule has 0 aromatic carbocycles. The van der Waals surface area contributed by atoms with Crippen molar-refractivity contribution in [3.63, 3.8) is 0 Å².